The Balaban J connectivity index is 1.37. The van der Waals surface area contributed by atoms with Crippen LogP contribution in [0.15, 0.2) is 54.7 Å². The monoisotopic (exact) mass is 492 g/mol. The molecule has 9 heteroatoms. The quantitative estimate of drug-likeness (QED) is 0.390. The Morgan fingerprint density at radius 3 is 2.59 bits per heavy atom. The standard InChI is InChI=1S/C25H22Cl2N6O/c1-31-24(15-10-16(26)12-17(27)11-15)20-13-19-8-5-9-22(23(20)29-31)33(19)25(34)21-14-32(30-28-21)18-6-3-2-4-7-18/h2-4,6-7,10-12,14,19,22H,5,8-9,13H2,1H3/t19-,22+/m1/s1. The van der Waals surface area contributed by atoms with E-state index in [1.165, 1.54) is 5.56 Å². The van der Waals surface area contributed by atoms with E-state index in [4.69, 9.17) is 28.3 Å². The van der Waals surface area contributed by atoms with E-state index >= 15 is 0 Å². The molecular formula is C25H22Cl2N6O. The number of benzene rings is 2. The number of amides is 1. The second kappa shape index (κ2) is 8.25. The largest absolute Gasteiger partial charge is 0.325 e. The summed E-state index contributed by atoms with van der Waals surface area (Å²) in [4.78, 5) is 15.6. The van der Waals surface area contributed by atoms with E-state index in [0.29, 0.717) is 15.7 Å². The van der Waals surface area contributed by atoms with Crippen LogP contribution in [0.25, 0.3) is 16.9 Å². The molecule has 2 aliphatic heterocycles. The molecule has 1 amide bonds. The molecule has 0 unspecified atom stereocenters. The number of rotatable bonds is 3. The first-order valence-electron chi connectivity index (χ1n) is 11.3. The highest BCUT2D eigenvalue weighted by Gasteiger charge is 2.44. The normalized spacial score (nSPS) is 19.2. The zero-order valence-corrected chi connectivity index (χ0v) is 20.0. The van der Waals surface area contributed by atoms with Gasteiger partial charge in [0.25, 0.3) is 5.91 Å². The number of hydrogen-bond acceptors (Lipinski definition) is 4. The van der Waals surface area contributed by atoms with Crippen molar-refractivity contribution in [1.82, 2.24) is 29.7 Å². The van der Waals surface area contributed by atoms with Gasteiger partial charge in [-0.1, -0.05) is 46.6 Å². The number of halogens is 2. The molecule has 34 heavy (non-hydrogen) atoms. The molecule has 0 aliphatic carbocycles. The Hall–Kier alpha value is -3.16. The Labute approximate surface area is 206 Å². The van der Waals surface area contributed by atoms with Crippen LogP contribution < -0.4 is 0 Å². The van der Waals surface area contributed by atoms with Gasteiger partial charge in [0, 0.05) is 34.3 Å². The van der Waals surface area contributed by atoms with Crippen LogP contribution in [0.1, 0.15) is 47.1 Å². The maximum atomic E-state index is 13.7. The predicted molar refractivity (Wildman–Crippen MR) is 130 cm³/mol. The van der Waals surface area contributed by atoms with Gasteiger partial charge in [0.15, 0.2) is 5.69 Å². The molecule has 172 valence electrons. The molecule has 2 atom stereocenters. The van der Waals surface area contributed by atoms with E-state index in [-0.39, 0.29) is 18.0 Å². The lowest BCUT2D eigenvalue weighted by Crippen LogP contribution is -2.50. The highest BCUT2D eigenvalue weighted by molar-refractivity contribution is 6.35. The number of carbonyl (C=O) groups is 1. The fraction of sp³-hybridized carbons (Fsp3) is 0.280. The molecule has 0 saturated carbocycles. The van der Waals surface area contributed by atoms with Crippen molar-refractivity contribution < 1.29 is 4.79 Å². The second-order valence-electron chi connectivity index (χ2n) is 8.90. The van der Waals surface area contributed by atoms with Gasteiger partial charge in [-0.25, -0.2) is 4.68 Å². The van der Waals surface area contributed by atoms with Crippen molar-refractivity contribution in [2.45, 2.75) is 37.8 Å². The summed E-state index contributed by atoms with van der Waals surface area (Å²) in [6.45, 7) is 0. The first-order chi connectivity index (χ1) is 16.5. The molecule has 6 rings (SSSR count). The number of carbonyl (C=O) groups excluding carboxylic acids is 1. The molecular weight excluding hydrogens is 471 g/mol. The van der Waals surface area contributed by atoms with Crippen LogP contribution in [0.5, 0.6) is 0 Å². The molecule has 2 bridgehead atoms. The molecule has 4 aromatic rings. The fourth-order valence-electron chi connectivity index (χ4n) is 5.40. The SMILES string of the molecule is Cn1nc2c(c1-c1cc(Cl)cc(Cl)c1)C[C@H]1CCC[C@@H]2N1C(=O)c1cn(-c2ccccc2)nn1. The van der Waals surface area contributed by atoms with Crippen LogP contribution in [0, 0.1) is 0 Å². The number of para-hydroxylation sites is 1. The van der Waals surface area contributed by atoms with Gasteiger partial charge in [0.05, 0.1) is 29.3 Å². The summed E-state index contributed by atoms with van der Waals surface area (Å²) in [5.41, 5.74) is 5.29. The average Bonchev–Trinajstić information content (AvgIpc) is 3.43. The van der Waals surface area contributed by atoms with Crippen LogP contribution in [-0.2, 0) is 13.5 Å². The minimum absolute atomic E-state index is 0.0817. The van der Waals surface area contributed by atoms with Crippen LogP contribution in [0.2, 0.25) is 10.0 Å². The number of hydrogen-bond donors (Lipinski definition) is 0. The third kappa shape index (κ3) is 3.51. The Bertz CT molecular complexity index is 1380. The van der Waals surface area contributed by atoms with Crippen molar-refractivity contribution in [3.8, 4) is 16.9 Å². The summed E-state index contributed by atoms with van der Waals surface area (Å²) in [5.74, 6) is -0.0967. The molecule has 0 N–H and O–H groups in total. The molecule has 2 aliphatic rings. The molecule has 0 spiro atoms. The molecule has 2 aromatic heterocycles. The second-order valence-corrected chi connectivity index (χ2v) is 9.77. The lowest BCUT2D eigenvalue weighted by atomic mass is 9.81. The smallest absolute Gasteiger partial charge is 0.276 e. The highest BCUT2D eigenvalue weighted by atomic mass is 35.5. The molecule has 1 fully saturated rings. The lowest BCUT2D eigenvalue weighted by molar-refractivity contribution is 0.0386. The van der Waals surface area contributed by atoms with E-state index in [9.17, 15) is 4.79 Å². The Kier molecular flexibility index (Phi) is 5.19. The third-order valence-electron chi connectivity index (χ3n) is 6.78. The summed E-state index contributed by atoms with van der Waals surface area (Å²) in [5, 5.41) is 14.5. The van der Waals surface area contributed by atoms with Gasteiger partial charge < -0.3 is 4.90 Å². The fourth-order valence-corrected chi connectivity index (χ4v) is 5.93. The molecule has 1 saturated heterocycles. The summed E-state index contributed by atoms with van der Waals surface area (Å²) >= 11 is 12.6. The van der Waals surface area contributed by atoms with Crippen molar-refractivity contribution in [3.05, 3.63) is 81.7 Å². The third-order valence-corrected chi connectivity index (χ3v) is 7.22. The summed E-state index contributed by atoms with van der Waals surface area (Å²) in [7, 11) is 1.93. The Morgan fingerprint density at radius 1 is 1.06 bits per heavy atom. The van der Waals surface area contributed by atoms with Crippen molar-refractivity contribution in [3.63, 3.8) is 0 Å². The number of fused-ring (bicyclic) bond motifs is 4. The average molecular weight is 493 g/mol. The zero-order valence-electron chi connectivity index (χ0n) is 18.5. The molecule has 0 radical (unpaired) electrons. The predicted octanol–water partition coefficient (Wildman–Crippen LogP) is 5.27. The minimum Gasteiger partial charge on any atom is -0.325 e. The van der Waals surface area contributed by atoms with Crippen LogP contribution in [-0.4, -0.2) is 41.6 Å². The van der Waals surface area contributed by atoms with Crippen molar-refractivity contribution in [2.75, 3.05) is 0 Å². The van der Waals surface area contributed by atoms with Crippen LogP contribution in [0.3, 0.4) is 0 Å². The van der Waals surface area contributed by atoms with E-state index in [0.717, 1.165) is 48.3 Å². The molecule has 2 aromatic carbocycles. The van der Waals surface area contributed by atoms with Crippen LogP contribution >= 0.6 is 23.2 Å². The minimum atomic E-state index is -0.0967. The number of piperidine rings is 1. The van der Waals surface area contributed by atoms with Crippen molar-refractivity contribution in [1.29, 1.82) is 0 Å². The van der Waals surface area contributed by atoms with Crippen molar-refractivity contribution >= 4 is 29.1 Å². The van der Waals surface area contributed by atoms with Gasteiger partial charge in [0.2, 0.25) is 0 Å². The first kappa shape index (κ1) is 21.4. The maximum absolute atomic E-state index is 13.7. The molecule has 4 heterocycles. The van der Waals surface area contributed by atoms with Gasteiger partial charge in [-0.3, -0.25) is 9.48 Å². The first-order valence-corrected chi connectivity index (χ1v) is 12.1. The van der Waals surface area contributed by atoms with Gasteiger partial charge >= 0.3 is 0 Å². The van der Waals surface area contributed by atoms with E-state index in [1.807, 2.05) is 59.1 Å². The zero-order chi connectivity index (χ0) is 23.4. The van der Waals surface area contributed by atoms with Crippen molar-refractivity contribution in [2.24, 2.45) is 7.05 Å². The van der Waals surface area contributed by atoms with Gasteiger partial charge in [-0.05, 0) is 56.0 Å². The van der Waals surface area contributed by atoms with E-state index in [2.05, 4.69) is 10.3 Å². The summed E-state index contributed by atoms with van der Waals surface area (Å²) in [6.07, 6.45) is 5.32. The Morgan fingerprint density at radius 2 is 1.82 bits per heavy atom. The van der Waals surface area contributed by atoms with Gasteiger partial charge in [0.1, 0.15) is 0 Å². The maximum Gasteiger partial charge on any atom is 0.276 e. The van der Waals surface area contributed by atoms with E-state index < -0.39 is 0 Å². The van der Waals surface area contributed by atoms with Gasteiger partial charge in [-0.15, -0.1) is 5.10 Å². The lowest BCUT2D eigenvalue weighted by Gasteiger charge is -2.45. The van der Waals surface area contributed by atoms with Crippen LogP contribution in [0.4, 0.5) is 0 Å². The highest BCUT2D eigenvalue weighted by Crippen LogP contribution is 2.45. The number of aryl methyl sites for hydroxylation is 1. The van der Waals surface area contributed by atoms with E-state index in [1.54, 1.807) is 16.9 Å². The number of aromatic nitrogens is 5. The topological polar surface area (TPSA) is 68.8 Å². The summed E-state index contributed by atoms with van der Waals surface area (Å²) < 4.78 is 3.53. The summed E-state index contributed by atoms with van der Waals surface area (Å²) in [6, 6.07) is 15.2. The number of nitrogens with zero attached hydrogens (tertiary/aromatic N) is 6. The van der Waals surface area contributed by atoms with Gasteiger partial charge in [-0.2, -0.15) is 5.10 Å². The molecule has 7 nitrogen and oxygen atoms in total.